The molecular weight excluding hydrogens is 236 g/mol. The van der Waals surface area contributed by atoms with Crippen molar-refractivity contribution >= 4 is 17.4 Å². The van der Waals surface area contributed by atoms with Crippen LogP contribution in [0.4, 0.5) is 0 Å². The second-order valence-electron chi connectivity index (χ2n) is 4.78. The van der Waals surface area contributed by atoms with Crippen molar-refractivity contribution in [3.05, 3.63) is 34.9 Å². The number of benzene rings is 1. The van der Waals surface area contributed by atoms with E-state index < -0.39 is 5.60 Å². The molecule has 1 aromatic carbocycles. The minimum absolute atomic E-state index is 0.156. The van der Waals surface area contributed by atoms with E-state index in [4.69, 9.17) is 11.6 Å². The first kappa shape index (κ1) is 12.6. The van der Waals surface area contributed by atoms with E-state index in [-0.39, 0.29) is 5.78 Å². The maximum Gasteiger partial charge on any atom is 0.194 e. The van der Waals surface area contributed by atoms with Crippen molar-refractivity contribution < 1.29 is 9.90 Å². The molecule has 2 rings (SSSR count). The highest BCUT2D eigenvalue weighted by Gasteiger charge is 2.36. The molecule has 17 heavy (non-hydrogen) atoms. The Morgan fingerprint density at radius 2 is 1.59 bits per heavy atom. The maximum absolute atomic E-state index is 12.3. The van der Waals surface area contributed by atoms with E-state index in [2.05, 4.69) is 0 Å². The van der Waals surface area contributed by atoms with Gasteiger partial charge in [-0.25, -0.2) is 0 Å². The van der Waals surface area contributed by atoms with Gasteiger partial charge in [-0.2, -0.15) is 0 Å². The quantitative estimate of drug-likeness (QED) is 0.645. The lowest BCUT2D eigenvalue weighted by Gasteiger charge is -2.24. The second-order valence-corrected chi connectivity index (χ2v) is 5.22. The molecule has 0 atom stereocenters. The van der Waals surface area contributed by atoms with Crippen LogP contribution in [0.25, 0.3) is 0 Å². The van der Waals surface area contributed by atoms with Crippen LogP contribution in [0.3, 0.4) is 0 Å². The minimum atomic E-state index is -1.16. The van der Waals surface area contributed by atoms with Crippen molar-refractivity contribution in [3.63, 3.8) is 0 Å². The first-order chi connectivity index (χ1) is 8.12. The van der Waals surface area contributed by atoms with E-state index in [1.54, 1.807) is 24.3 Å². The lowest BCUT2D eigenvalue weighted by atomic mass is 9.86. The molecule has 2 nitrogen and oxygen atoms in total. The molecule has 3 heteroatoms. The fourth-order valence-corrected chi connectivity index (χ4v) is 2.54. The van der Waals surface area contributed by atoms with Crippen molar-refractivity contribution in [2.45, 2.75) is 44.1 Å². The summed E-state index contributed by atoms with van der Waals surface area (Å²) in [5.41, 5.74) is -0.608. The number of hydrogen-bond acceptors (Lipinski definition) is 2. The van der Waals surface area contributed by atoms with Gasteiger partial charge in [0.25, 0.3) is 0 Å². The van der Waals surface area contributed by atoms with Gasteiger partial charge < -0.3 is 5.11 Å². The summed E-state index contributed by atoms with van der Waals surface area (Å²) in [5, 5.41) is 11.1. The van der Waals surface area contributed by atoms with Gasteiger partial charge in [0.1, 0.15) is 5.60 Å². The number of ketones is 1. The summed E-state index contributed by atoms with van der Waals surface area (Å²) in [4.78, 5) is 12.3. The van der Waals surface area contributed by atoms with Gasteiger partial charge in [-0.15, -0.1) is 0 Å². The van der Waals surface area contributed by atoms with Gasteiger partial charge >= 0.3 is 0 Å². The van der Waals surface area contributed by atoms with Crippen LogP contribution in [0.1, 0.15) is 48.9 Å². The molecule has 1 aliphatic rings. The summed E-state index contributed by atoms with van der Waals surface area (Å²) in [6.07, 6.45) is 5.22. The lowest BCUT2D eigenvalue weighted by Crippen LogP contribution is -2.38. The number of carbonyl (C=O) groups is 1. The summed E-state index contributed by atoms with van der Waals surface area (Å²) < 4.78 is 0. The summed E-state index contributed by atoms with van der Waals surface area (Å²) in [6.45, 7) is 0. The third-order valence-electron chi connectivity index (χ3n) is 3.46. The topological polar surface area (TPSA) is 37.3 Å². The number of Topliss-reactive ketones (excluding diaryl/α,β-unsaturated/α-hetero) is 1. The molecule has 0 aromatic heterocycles. The SMILES string of the molecule is O=C(c1ccc(Cl)cc1)C1(O)CCCCCC1. The molecule has 0 bridgehead atoms. The molecule has 1 aromatic rings. The average molecular weight is 253 g/mol. The fourth-order valence-electron chi connectivity index (χ4n) is 2.41. The summed E-state index contributed by atoms with van der Waals surface area (Å²) in [5.74, 6) is -0.156. The van der Waals surface area contributed by atoms with Crippen molar-refractivity contribution in [1.82, 2.24) is 0 Å². The Labute approximate surface area is 107 Å². The Balaban J connectivity index is 2.20. The number of halogens is 1. The highest BCUT2D eigenvalue weighted by molar-refractivity contribution is 6.30. The first-order valence-electron chi connectivity index (χ1n) is 6.15. The van der Waals surface area contributed by atoms with Crippen LogP contribution in [-0.2, 0) is 0 Å². The van der Waals surface area contributed by atoms with Crippen LogP contribution < -0.4 is 0 Å². The summed E-state index contributed by atoms with van der Waals surface area (Å²) in [7, 11) is 0. The summed E-state index contributed by atoms with van der Waals surface area (Å²) in [6, 6.07) is 6.75. The van der Waals surface area contributed by atoms with Gasteiger partial charge in [-0.3, -0.25) is 4.79 Å². The van der Waals surface area contributed by atoms with Crippen molar-refractivity contribution in [3.8, 4) is 0 Å². The van der Waals surface area contributed by atoms with E-state index in [9.17, 15) is 9.90 Å². The number of carbonyl (C=O) groups excluding carboxylic acids is 1. The molecule has 0 aliphatic heterocycles. The second kappa shape index (κ2) is 5.19. The normalized spacial score (nSPS) is 19.6. The average Bonchev–Trinajstić information content (AvgIpc) is 2.55. The molecule has 0 amide bonds. The predicted molar refractivity (Wildman–Crippen MR) is 68.4 cm³/mol. The van der Waals surface area contributed by atoms with Gasteiger partial charge in [0, 0.05) is 10.6 Å². The Morgan fingerprint density at radius 1 is 1.06 bits per heavy atom. The molecule has 1 saturated carbocycles. The predicted octanol–water partition coefficient (Wildman–Crippen LogP) is 3.61. The van der Waals surface area contributed by atoms with Gasteiger partial charge in [0.2, 0.25) is 0 Å². The molecule has 0 heterocycles. The number of hydrogen-bond donors (Lipinski definition) is 1. The van der Waals surface area contributed by atoms with Crippen LogP contribution >= 0.6 is 11.6 Å². The highest BCUT2D eigenvalue weighted by atomic mass is 35.5. The Hall–Kier alpha value is -0.860. The largest absolute Gasteiger partial charge is 0.382 e. The molecule has 1 aliphatic carbocycles. The van der Waals surface area contributed by atoms with Crippen molar-refractivity contribution in [2.75, 3.05) is 0 Å². The molecule has 0 saturated heterocycles. The van der Waals surface area contributed by atoms with Crippen molar-refractivity contribution in [2.24, 2.45) is 0 Å². The molecule has 1 N–H and O–H groups in total. The van der Waals surface area contributed by atoms with E-state index in [0.717, 1.165) is 25.7 Å². The smallest absolute Gasteiger partial charge is 0.194 e. The van der Waals surface area contributed by atoms with E-state index >= 15 is 0 Å². The van der Waals surface area contributed by atoms with Gasteiger partial charge in [-0.1, -0.05) is 37.3 Å². The number of rotatable bonds is 2. The zero-order chi connectivity index (χ0) is 12.3. The van der Waals surface area contributed by atoms with Crippen LogP contribution in [0.2, 0.25) is 5.02 Å². The molecular formula is C14H17ClO2. The Morgan fingerprint density at radius 3 is 2.12 bits per heavy atom. The molecule has 0 unspecified atom stereocenters. The van der Waals surface area contributed by atoms with E-state index in [1.807, 2.05) is 0 Å². The Bertz CT molecular complexity index is 389. The van der Waals surface area contributed by atoms with Gasteiger partial charge in [0.15, 0.2) is 5.78 Å². The molecule has 1 fully saturated rings. The maximum atomic E-state index is 12.3. The first-order valence-corrected chi connectivity index (χ1v) is 6.52. The molecule has 92 valence electrons. The van der Waals surface area contributed by atoms with Crippen LogP contribution in [0.15, 0.2) is 24.3 Å². The monoisotopic (exact) mass is 252 g/mol. The Kier molecular flexibility index (Phi) is 3.85. The number of aliphatic hydroxyl groups is 1. The van der Waals surface area contributed by atoms with Gasteiger partial charge in [-0.05, 0) is 37.1 Å². The third-order valence-corrected chi connectivity index (χ3v) is 3.71. The summed E-state index contributed by atoms with van der Waals surface area (Å²) >= 11 is 5.79. The third kappa shape index (κ3) is 2.88. The van der Waals surface area contributed by atoms with E-state index in [0.29, 0.717) is 23.4 Å². The zero-order valence-corrected chi connectivity index (χ0v) is 10.5. The standard InChI is InChI=1S/C14H17ClO2/c15-12-7-5-11(6-8-12)13(16)14(17)9-3-1-2-4-10-14/h5-8,17H,1-4,9-10H2. The lowest BCUT2D eigenvalue weighted by molar-refractivity contribution is 0.0238. The van der Waals surface area contributed by atoms with Crippen molar-refractivity contribution in [1.29, 1.82) is 0 Å². The minimum Gasteiger partial charge on any atom is -0.382 e. The van der Waals surface area contributed by atoms with Crippen LogP contribution in [0.5, 0.6) is 0 Å². The molecule has 0 radical (unpaired) electrons. The van der Waals surface area contributed by atoms with Gasteiger partial charge in [0.05, 0.1) is 0 Å². The zero-order valence-electron chi connectivity index (χ0n) is 9.79. The van der Waals surface area contributed by atoms with Crippen LogP contribution in [-0.4, -0.2) is 16.5 Å². The van der Waals surface area contributed by atoms with E-state index in [1.165, 1.54) is 0 Å². The molecule has 0 spiro atoms. The highest BCUT2D eigenvalue weighted by Crippen LogP contribution is 2.30. The fraction of sp³-hybridized carbons (Fsp3) is 0.500. The van der Waals surface area contributed by atoms with Crippen LogP contribution in [0, 0.1) is 0 Å².